The number of rotatable bonds is 5. The highest BCUT2D eigenvalue weighted by Crippen LogP contribution is 2.24. The third-order valence-corrected chi connectivity index (χ3v) is 6.14. The van der Waals surface area contributed by atoms with Gasteiger partial charge < -0.3 is 10.2 Å². The SMILES string of the molecule is O=C(NC1CC1)c1ccc(CC2CCN(C(=O)c3cccs3)CC2)cc1. The molecule has 1 aromatic heterocycles. The molecular weight excluding hydrogens is 344 g/mol. The first-order valence-electron chi connectivity index (χ1n) is 9.41. The molecule has 5 heteroatoms. The number of benzene rings is 1. The molecule has 1 N–H and O–H groups in total. The second kappa shape index (κ2) is 7.62. The van der Waals surface area contributed by atoms with E-state index in [1.807, 2.05) is 34.5 Å². The molecule has 4 nitrogen and oxygen atoms in total. The van der Waals surface area contributed by atoms with Crippen LogP contribution in [0.15, 0.2) is 41.8 Å². The Labute approximate surface area is 158 Å². The van der Waals surface area contributed by atoms with Crippen molar-refractivity contribution in [1.82, 2.24) is 10.2 Å². The van der Waals surface area contributed by atoms with Crippen molar-refractivity contribution in [2.45, 2.75) is 38.1 Å². The van der Waals surface area contributed by atoms with Crippen LogP contribution < -0.4 is 5.32 Å². The van der Waals surface area contributed by atoms with E-state index < -0.39 is 0 Å². The number of likely N-dealkylation sites (tertiary alicyclic amines) is 1. The summed E-state index contributed by atoms with van der Waals surface area (Å²) in [5, 5.41) is 4.98. The van der Waals surface area contributed by atoms with Crippen molar-refractivity contribution < 1.29 is 9.59 Å². The number of piperidine rings is 1. The van der Waals surface area contributed by atoms with Gasteiger partial charge in [-0.1, -0.05) is 18.2 Å². The summed E-state index contributed by atoms with van der Waals surface area (Å²) in [5.41, 5.74) is 2.02. The molecule has 0 bridgehead atoms. The fourth-order valence-electron chi connectivity index (χ4n) is 3.52. The lowest BCUT2D eigenvalue weighted by Gasteiger charge is -2.31. The molecule has 1 saturated carbocycles. The van der Waals surface area contributed by atoms with Crippen molar-refractivity contribution >= 4 is 23.2 Å². The topological polar surface area (TPSA) is 49.4 Å². The van der Waals surface area contributed by atoms with Crippen molar-refractivity contribution in [1.29, 1.82) is 0 Å². The fraction of sp³-hybridized carbons (Fsp3) is 0.429. The van der Waals surface area contributed by atoms with E-state index in [1.54, 1.807) is 0 Å². The standard InChI is InChI=1S/C21H24N2O2S/c24-20(22-18-7-8-18)17-5-3-15(4-6-17)14-16-9-11-23(12-10-16)21(25)19-2-1-13-26-19/h1-6,13,16,18H,7-12,14H2,(H,22,24). The van der Waals surface area contributed by atoms with Crippen LogP contribution in [0.4, 0.5) is 0 Å². The predicted octanol–water partition coefficient (Wildman–Crippen LogP) is 3.74. The molecule has 0 spiro atoms. The van der Waals surface area contributed by atoms with Gasteiger partial charge in [0.15, 0.2) is 0 Å². The molecule has 2 aliphatic rings. The molecule has 0 unspecified atom stereocenters. The second-order valence-electron chi connectivity index (χ2n) is 7.36. The zero-order valence-electron chi connectivity index (χ0n) is 14.8. The van der Waals surface area contributed by atoms with E-state index in [-0.39, 0.29) is 11.8 Å². The highest BCUT2D eigenvalue weighted by molar-refractivity contribution is 7.12. The zero-order valence-corrected chi connectivity index (χ0v) is 15.6. The van der Waals surface area contributed by atoms with Crippen LogP contribution >= 0.6 is 11.3 Å². The Bertz CT molecular complexity index is 758. The lowest BCUT2D eigenvalue weighted by molar-refractivity contribution is 0.0695. The Hall–Kier alpha value is -2.14. The van der Waals surface area contributed by atoms with Gasteiger partial charge >= 0.3 is 0 Å². The lowest BCUT2D eigenvalue weighted by atomic mass is 9.90. The van der Waals surface area contributed by atoms with Gasteiger partial charge in [0.2, 0.25) is 0 Å². The molecule has 0 atom stereocenters. The lowest BCUT2D eigenvalue weighted by Crippen LogP contribution is -2.38. The number of nitrogens with zero attached hydrogens (tertiary/aromatic N) is 1. The molecule has 1 saturated heterocycles. The Morgan fingerprint density at radius 2 is 1.77 bits per heavy atom. The van der Waals surface area contributed by atoms with Gasteiger partial charge in [-0.05, 0) is 67.2 Å². The van der Waals surface area contributed by atoms with Crippen LogP contribution in [0.2, 0.25) is 0 Å². The Morgan fingerprint density at radius 1 is 1.04 bits per heavy atom. The summed E-state index contributed by atoms with van der Waals surface area (Å²) >= 11 is 1.52. The number of carbonyl (C=O) groups excluding carboxylic acids is 2. The number of hydrogen-bond acceptors (Lipinski definition) is 3. The van der Waals surface area contributed by atoms with E-state index in [0.29, 0.717) is 12.0 Å². The molecule has 2 aromatic rings. The van der Waals surface area contributed by atoms with E-state index in [2.05, 4.69) is 17.4 Å². The number of hydrogen-bond donors (Lipinski definition) is 1. The average Bonchev–Trinajstić information content (AvgIpc) is 3.31. The van der Waals surface area contributed by atoms with Gasteiger partial charge in [0.05, 0.1) is 4.88 Å². The summed E-state index contributed by atoms with van der Waals surface area (Å²) in [4.78, 5) is 27.3. The molecular formula is C21H24N2O2S. The zero-order chi connectivity index (χ0) is 17.9. The van der Waals surface area contributed by atoms with Crippen LogP contribution in [0, 0.1) is 5.92 Å². The highest BCUT2D eigenvalue weighted by atomic mass is 32.1. The maximum absolute atomic E-state index is 12.4. The molecule has 1 aliphatic carbocycles. The molecule has 2 heterocycles. The molecule has 1 aliphatic heterocycles. The summed E-state index contributed by atoms with van der Waals surface area (Å²) < 4.78 is 0. The van der Waals surface area contributed by atoms with Gasteiger partial charge in [-0.25, -0.2) is 0 Å². The van der Waals surface area contributed by atoms with Crippen LogP contribution in [-0.2, 0) is 6.42 Å². The Kier molecular flexibility index (Phi) is 5.07. The first-order chi connectivity index (χ1) is 12.7. The number of thiophene rings is 1. The minimum Gasteiger partial charge on any atom is -0.349 e. The number of carbonyl (C=O) groups is 2. The van der Waals surface area contributed by atoms with E-state index in [4.69, 9.17) is 0 Å². The fourth-order valence-corrected chi connectivity index (χ4v) is 4.21. The minimum absolute atomic E-state index is 0.0412. The third-order valence-electron chi connectivity index (χ3n) is 5.29. The van der Waals surface area contributed by atoms with Crippen LogP contribution in [0.3, 0.4) is 0 Å². The number of nitrogens with one attached hydrogen (secondary N) is 1. The van der Waals surface area contributed by atoms with Gasteiger partial charge in [0.1, 0.15) is 0 Å². The smallest absolute Gasteiger partial charge is 0.263 e. The van der Waals surface area contributed by atoms with Gasteiger partial charge in [0.25, 0.3) is 11.8 Å². The predicted molar refractivity (Wildman–Crippen MR) is 104 cm³/mol. The largest absolute Gasteiger partial charge is 0.349 e. The molecule has 136 valence electrons. The average molecular weight is 369 g/mol. The Balaban J connectivity index is 1.27. The molecule has 26 heavy (non-hydrogen) atoms. The van der Waals surface area contributed by atoms with Crippen molar-refractivity contribution in [3.05, 3.63) is 57.8 Å². The molecule has 1 aromatic carbocycles. The maximum Gasteiger partial charge on any atom is 0.263 e. The minimum atomic E-state index is 0.0412. The van der Waals surface area contributed by atoms with Gasteiger partial charge in [-0.3, -0.25) is 9.59 Å². The van der Waals surface area contributed by atoms with E-state index in [1.165, 1.54) is 16.9 Å². The van der Waals surface area contributed by atoms with E-state index >= 15 is 0 Å². The van der Waals surface area contributed by atoms with Gasteiger partial charge in [-0.2, -0.15) is 0 Å². The summed E-state index contributed by atoms with van der Waals surface area (Å²) in [5.74, 6) is 0.817. The highest BCUT2D eigenvalue weighted by Gasteiger charge is 2.25. The molecule has 4 rings (SSSR count). The summed E-state index contributed by atoms with van der Waals surface area (Å²) in [6, 6.07) is 12.2. The van der Waals surface area contributed by atoms with E-state index in [9.17, 15) is 9.59 Å². The third kappa shape index (κ3) is 4.15. The van der Waals surface area contributed by atoms with Crippen molar-refractivity contribution in [3.8, 4) is 0 Å². The summed E-state index contributed by atoms with van der Waals surface area (Å²) in [6.07, 6.45) is 5.32. The molecule has 0 radical (unpaired) electrons. The van der Waals surface area contributed by atoms with Crippen LogP contribution in [0.1, 0.15) is 51.3 Å². The van der Waals surface area contributed by atoms with Crippen molar-refractivity contribution in [2.75, 3.05) is 13.1 Å². The van der Waals surface area contributed by atoms with Crippen LogP contribution in [0.5, 0.6) is 0 Å². The second-order valence-corrected chi connectivity index (χ2v) is 8.31. The molecule has 2 amide bonds. The normalized spacial score (nSPS) is 17.9. The van der Waals surface area contributed by atoms with Crippen molar-refractivity contribution in [2.24, 2.45) is 5.92 Å². The summed E-state index contributed by atoms with van der Waals surface area (Å²) in [7, 11) is 0. The Morgan fingerprint density at radius 3 is 2.38 bits per heavy atom. The quantitative estimate of drug-likeness (QED) is 0.874. The first-order valence-corrected chi connectivity index (χ1v) is 10.3. The number of amides is 2. The summed E-state index contributed by atoms with van der Waals surface area (Å²) in [6.45, 7) is 1.67. The maximum atomic E-state index is 12.4. The first kappa shape index (κ1) is 17.3. The van der Waals surface area contributed by atoms with Gasteiger partial charge in [-0.15, -0.1) is 11.3 Å². The molecule has 2 fully saturated rings. The monoisotopic (exact) mass is 368 g/mol. The van der Waals surface area contributed by atoms with Crippen LogP contribution in [0.25, 0.3) is 0 Å². The van der Waals surface area contributed by atoms with Crippen LogP contribution in [-0.4, -0.2) is 35.8 Å². The van der Waals surface area contributed by atoms with Crippen molar-refractivity contribution in [3.63, 3.8) is 0 Å². The van der Waals surface area contributed by atoms with Gasteiger partial charge in [0, 0.05) is 24.7 Å². The van der Waals surface area contributed by atoms with E-state index in [0.717, 1.165) is 55.6 Å².